The van der Waals surface area contributed by atoms with Crippen LogP contribution in [0, 0.1) is 0 Å². The molecule has 2 heterocycles. The summed E-state index contributed by atoms with van der Waals surface area (Å²) >= 11 is 5.26. The van der Waals surface area contributed by atoms with Gasteiger partial charge in [-0.05, 0) is 41.3 Å². The molecule has 1 aromatic rings. The molecule has 1 aliphatic carbocycles. The Balaban J connectivity index is 1.44. The first-order valence-corrected chi connectivity index (χ1v) is 9.86. The van der Waals surface area contributed by atoms with Crippen LogP contribution in [0.15, 0.2) is 20.9 Å². The van der Waals surface area contributed by atoms with E-state index in [1.165, 1.54) is 43.5 Å². The Hall–Kier alpha value is -0.590. The van der Waals surface area contributed by atoms with Crippen LogP contribution in [0.2, 0.25) is 0 Å². The van der Waals surface area contributed by atoms with Crippen molar-refractivity contribution in [2.75, 3.05) is 20.1 Å². The molecule has 0 aromatic carbocycles. The third kappa shape index (κ3) is 4.24. The van der Waals surface area contributed by atoms with E-state index in [1.807, 2.05) is 7.05 Å². The van der Waals surface area contributed by atoms with Gasteiger partial charge in [0.2, 0.25) is 0 Å². The Morgan fingerprint density at radius 3 is 2.91 bits per heavy atom. The highest BCUT2D eigenvalue weighted by Crippen LogP contribution is 2.26. The van der Waals surface area contributed by atoms with Crippen molar-refractivity contribution in [3.05, 3.63) is 20.8 Å². The first-order valence-electron chi connectivity index (χ1n) is 8.19. The predicted molar refractivity (Wildman–Crippen MR) is 97.6 cm³/mol. The molecule has 3 rings (SSSR count). The molecule has 4 nitrogen and oxygen atoms in total. The highest BCUT2D eigenvalue weighted by molar-refractivity contribution is 9.10. The largest absolute Gasteiger partial charge is 0.352 e. The van der Waals surface area contributed by atoms with E-state index in [-0.39, 0.29) is 0 Å². The lowest BCUT2D eigenvalue weighted by Crippen LogP contribution is -2.44. The first kappa shape index (κ1) is 16.3. The number of likely N-dealkylation sites (tertiary alicyclic amines) is 1. The molecule has 2 fully saturated rings. The van der Waals surface area contributed by atoms with Crippen LogP contribution in [-0.4, -0.2) is 43.1 Å². The van der Waals surface area contributed by atoms with Crippen LogP contribution >= 0.6 is 27.3 Å². The summed E-state index contributed by atoms with van der Waals surface area (Å²) < 4.78 is 1.15. The fourth-order valence-corrected chi connectivity index (χ4v) is 4.90. The smallest absolute Gasteiger partial charge is 0.191 e. The Morgan fingerprint density at radius 1 is 1.41 bits per heavy atom. The van der Waals surface area contributed by atoms with Crippen molar-refractivity contribution in [2.45, 2.75) is 50.7 Å². The lowest BCUT2D eigenvalue weighted by Gasteiger charge is -2.24. The number of rotatable bonds is 4. The molecule has 2 N–H and O–H groups in total. The van der Waals surface area contributed by atoms with E-state index in [0.29, 0.717) is 6.04 Å². The standard InChI is InChI=1S/C16H25BrN4S/c1-18-16(19-9-15-8-12(17)11-22-15)20-13-6-7-21(10-13)14-4-2-3-5-14/h8,11,13-14H,2-7,9-10H2,1H3,(H2,18,19,20). The van der Waals surface area contributed by atoms with Crippen LogP contribution in [0.3, 0.4) is 0 Å². The SMILES string of the molecule is CN=C(NCc1cc(Br)cs1)NC1CCN(C2CCCC2)C1. The molecular weight excluding hydrogens is 360 g/mol. The molecule has 2 aliphatic rings. The van der Waals surface area contributed by atoms with Gasteiger partial charge in [-0.3, -0.25) is 9.89 Å². The van der Waals surface area contributed by atoms with Gasteiger partial charge in [0.05, 0.1) is 6.54 Å². The molecule has 1 aliphatic heterocycles. The number of guanidine groups is 1. The van der Waals surface area contributed by atoms with Crippen LogP contribution in [0.1, 0.15) is 37.0 Å². The Morgan fingerprint density at radius 2 is 2.23 bits per heavy atom. The van der Waals surface area contributed by atoms with E-state index < -0.39 is 0 Å². The molecule has 6 heteroatoms. The van der Waals surface area contributed by atoms with Gasteiger partial charge in [-0.15, -0.1) is 11.3 Å². The number of aliphatic imine (C=N–C) groups is 1. The molecule has 122 valence electrons. The van der Waals surface area contributed by atoms with Crippen LogP contribution in [0.25, 0.3) is 0 Å². The molecule has 0 bridgehead atoms. The van der Waals surface area contributed by atoms with Crippen molar-refractivity contribution in [1.82, 2.24) is 15.5 Å². The molecule has 22 heavy (non-hydrogen) atoms. The fraction of sp³-hybridized carbons (Fsp3) is 0.688. The summed E-state index contributed by atoms with van der Waals surface area (Å²) in [6, 6.07) is 3.52. The molecule has 1 saturated heterocycles. The number of hydrogen-bond acceptors (Lipinski definition) is 3. The molecule has 0 radical (unpaired) electrons. The Labute approximate surface area is 145 Å². The number of nitrogens with one attached hydrogen (secondary N) is 2. The van der Waals surface area contributed by atoms with Gasteiger partial charge in [-0.2, -0.15) is 0 Å². The number of nitrogens with zero attached hydrogens (tertiary/aromatic N) is 2. The first-order chi connectivity index (χ1) is 10.7. The van der Waals surface area contributed by atoms with Crippen molar-refractivity contribution in [3.8, 4) is 0 Å². The van der Waals surface area contributed by atoms with E-state index >= 15 is 0 Å². The normalized spacial score (nSPS) is 24.1. The lowest BCUT2D eigenvalue weighted by atomic mass is 10.2. The van der Waals surface area contributed by atoms with Gasteiger partial charge in [0, 0.05) is 47.0 Å². The summed E-state index contributed by atoms with van der Waals surface area (Å²) in [4.78, 5) is 8.35. The van der Waals surface area contributed by atoms with Gasteiger partial charge in [-0.1, -0.05) is 12.8 Å². The van der Waals surface area contributed by atoms with Gasteiger partial charge >= 0.3 is 0 Å². The average molecular weight is 385 g/mol. The maximum atomic E-state index is 4.36. The highest BCUT2D eigenvalue weighted by atomic mass is 79.9. The van der Waals surface area contributed by atoms with Crippen molar-refractivity contribution >= 4 is 33.2 Å². The quantitative estimate of drug-likeness (QED) is 0.618. The second-order valence-electron chi connectivity index (χ2n) is 6.22. The minimum absolute atomic E-state index is 0.530. The van der Waals surface area contributed by atoms with Gasteiger partial charge < -0.3 is 10.6 Å². The molecule has 0 spiro atoms. The van der Waals surface area contributed by atoms with Gasteiger partial charge in [-0.25, -0.2) is 0 Å². The number of halogens is 1. The van der Waals surface area contributed by atoms with Crippen LogP contribution < -0.4 is 10.6 Å². The third-order valence-electron chi connectivity index (χ3n) is 4.68. The maximum Gasteiger partial charge on any atom is 0.191 e. The summed E-state index contributed by atoms with van der Waals surface area (Å²) in [5.74, 6) is 0.919. The molecule has 1 unspecified atom stereocenters. The summed E-state index contributed by atoms with van der Waals surface area (Å²) in [6.45, 7) is 3.22. The van der Waals surface area contributed by atoms with Crippen LogP contribution in [-0.2, 0) is 6.54 Å². The minimum Gasteiger partial charge on any atom is -0.352 e. The molecule has 1 aromatic heterocycles. The molecular formula is C16H25BrN4S. The highest BCUT2D eigenvalue weighted by Gasteiger charge is 2.30. The van der Waals surface area contributed by atoms with E-state index in [0.717, 1.165) is 29.6 Å². The lowest BCUT2D eigenvalue weighted by molar-refractivity contribution is 0.242. The van der Waals surface area contributed by atoms with Gasteiger partial charge in [0.1, 0.15) is 0 Å². The zero-order chi connectivity index (χ0) is 15.4. The topological polar surface area (TPSA) is 39.7 Å². The molecule has 0 amide bonds. The van der Waals surface area contributed by atoms with Gasteiger partial charge in [0.15, 0.2) is 5.96 Å². The van der Waals surface area contributed by atoms with Gasteiger partial charge in [0.25, 0.3) is 0 Å². The molecule has 1 saturated carbocycles. The van der Waals surface area contributed by atoms with Crippen LogP contribution in [0.5, 0.6) is 0 Å². The van der Waals surface area contributed by atoms with E-state index in [2.05, 4.69) is 47.9 Å². The zero-order valence-corrected chi connectivity index (χ0v) is 15.5. The maximum absolute atomic E-state index is 4.36. The number of thiophene rings is 1. The summed E-state index contributed by atoms with van der Waals surface area (Å²) in [6.07, 6.45) is 6.85. The second kappa shape index (κ2) is 7.79. The fourth-order valence-electron chi connectivity index (χ4n) is 3.51. The zero-order valence-electron chi connectivity index (χ0n) is 13.1. The summed E-state index contributed by atoms with van der Waals surface area (Å²) in [7, 11) is 1.85. The van der Waals surface area contributed by atoms with Crippen molar-refractivity contribution in [2.24, 2.45) is 4.99 Å². The summed E-state index contributed by atoms with van der Waals surface area (Å²) in [5, 5.41) is 9.12. The van der Waals surface area contributed by atoms with Crippen molar-refractivity contribution in [1.29, 1.82) is 0 Å². The monoisotopic (exact) mass is 384 g/mol. The third-order valence-corrected chi connectivity index (χ3v) is 6.37. The van der Waals surface area contributed by atoms with E-state index in [9.17, 15) is 0 Å². The molecule has 1 atom stereocenters. The minimum atomic E-state index is 0.530. The van der Waals surface area contributed by atoms with Crippen LogP contribution in [0.4, 0.5) is 0 Å². The van der Waals surface area contributed by atoms with E-state index in [1.54, 1.807) is 11.3 Å². The second-order valence-corrected chi connectivity index (χ2v) is 8.13. The predicted octanol–water partition coefficient (Wildman–Crippen LogP) is 3.19. The number of hydrogen-bond donors (Lipinski definition) is 2. The van der Waals surface area contributed by atoms with Crippen molar-refractivity contribution in [3.63, 3.8) is 0 Å². The Bertz CT molecular complexity index is 510. The average Bonchev–Trinajstić information content (AvgIpc) is 3.24. The summed E-state index contributed by atoms with van der Waals surface area (Å²) in [5.41, 5.74) is 0. The Kier molecular flexibility index (Phi) is 5.77. The van der Waals surface area contributed by atoms with E-state index in [4.69, 9.17) is 0 Å². The van der Waals surface area contributed by atoms with Crippen molar-refractivity contribution < 1.29 is 0 Å².